The lowest BCUT2D eigenvalue weighted by Crippen LogP contribution is -2.30. The normalized spacial score (nSPS) is 14.9. The quantitative estimate of drug-likeness (QED) is 0.271. The Morgan fingerprint density at radius 2 is 1.87 bits per heavy atom. The summed E-state index contributed by atoms with van der Waals surface area (Å²) < 4.78 is 71.5. The molecule has 2 N–H and O–H groups in total. The largest absolute Gasteiger partial charge is 0.394 e. The van der Waals surface area contributed by atoms with Gasteiger partial charge in [0.05, 0.1) is 35.3 Å². The summed E-state index contributed by atoms with van der Waals surface area (Å²) in [5.41, 5.74) is 2.73. The second kappa shape index (κ2) is 11.7. The number of alkyl halides is 1. The van der Waals surface area contributed by atoms with Gasteiger partial charge >= 0.3 is 0 Å². The highest BCUT2D eigenvalue weighted by Crippen LogP contribution is 2.26. The average Bonchev–Trinajstić information content (AvgIpc) is 3.30. The number of sulfone groups is 1. The summed E-state index contributed by atoms with van der Waals surface area (Å²) in [4.78, 5) is 13.3. The minimum atomic E-state index is -3.72. The van der Waals surface area contributed by atoms with Crippen LogP contribution in [0.25, 0.3) is 10.9 Å². The van der Waals surface area contributed by atoms with E-state index in [2.05, 4.69) is 5.32 Å². The Morgan fingerprint density at radius 3 is 2.50 bits per heavy atom. The lowest BCUT2D eigenvalue weighted by molar-refractivity contribution is 0.0916. The predicted octanol–water partition coefficient (Wildman–Crippen LogP) is 5.42. The van der Waals surface area contributed by atoms with E-state index in [9.17, 15) is 22.7 Å². The van der Waals surface area contributed by atoms with Crippen LogP contribution < -0.4 is 5.32 Å². The van der Waals surface area contributed by atoms with Crippen LogP contribution in [0.1, 0.15) is 51.2 Å². The van der Waals surface area contributed by atoms with Crippen LogP contribution in [-0.2, 0) is 22.8 Å². The molecular weight excluding hydrogens is 527 g/mol. The van der Waals surface area contributed by atoms with E-state index in [-0.39, 0.29) is 33.8 Å². The van der Waals surface area contributed by atoms with E-state index in [1.807, 2.05) is 6.92 Å². The van der Waals surface area contributed by atoms with Gasteiger partial charge in [-0.05, 0) is 72.1 Å². The molecule has 0 saturated carbocycles. The molecule has 200 valence electrons. The smallest absolute Gasteiger partial charge is 0.251 e. The molecule has 4 rings (SSSR count). The molecule has 0 aliphatic rings. The number of fused-ring (bicyclic) bond motifs is 1. The van der Waals surface area contributed by atoms with E-state index in [1.165, 1.54) is 49.4 Å². The number of nitrogens with one attached hydrogen (secondary N) is 1. The molecular formula is C29H30ClFN2O4S. The molecule has 0 saturated heterocycles. The highest BCUT2D eigenvalue weighted by Gasteiger charge is 2.19. The summed E-state index contributed by atoms with van der Waals surface area (Å²) in [7, 11) is -3.41. The van der Waals surface area contributed by atoms with Gasteiger partial charge in [0.1, 0.15) is 6.63 Å². The number of rotatable bonds is 10. The van der Waals surface area contributed by atoms with Crippen LogP contribution in [0.3, 0.4) is 0 Å². The maximum absolute atomic E-state index is 14.6. The Labute approximate surface area is 232 Å². The Balaban J connectivity index is 1.70. The molecule has 1 aromatic heterocycles. The van der Waals surface area contributed by atoms with Crippen molar-refractivity contribution in [1.82, 2.24) is 9.88 Å². The summed E-state index contributed by atoms with van der Waals surface area (Å²) in [5, 5.41) is 13.6. The number of aliphatic hydroxyl groups is 1. The summed E-state index contributed by atoms with van der Waals surface area (Å²) in [6.07, 6.45) is 0.144. The van der Waals surface area contributed by atoms with Gasteiger partial charge in [-0.15, -0.1) is 0 Å². The molecule has 0 unspecified atom stereocenters. The van der Waals surface area contributed by atoms with Gasteiger partial charge in [0.25, 0.3) is 5.91 Å². The number of amides is 1. The number of hydrogen-bond acceptors (Lipinski definition) is 4. The van der Waals surface area contributed by atoms with Crippen molar-refractivity contribution in [3.05, 3.63) is 99.7 Å². The molecule has 0 radical (unpaired) electrons. The number of hydrogen-bond donors (Lipinski definition) is 2. The first-order valence-electron chi connectivity index (χ1n) is 13.9. The molecule has 9 heteroatoms. The third kappa shape index (κ3) is 5.93. The summed E-state index contributed by atoms with van der Waals surface area (Å²) in [6.45, 7) is -3.89. The fourth-order valence-electron chi connectivity index (χ4n) is 4.32. The van der Waals surface area contributed by atoms with Gasteiger partial charge in [0, 0.05) is 33.6 Å². The lowest BCUT2D eigenvalue weighted by Gasteiger charge is -2.17. The zero-order valence-electron chi connectivity index (χ0n) is 24.8. The van der Waals surface area contributed by atoms with E-state index in [0.717, 1.165) is 15.7 Å². The summed E-state index contributed by atoms with van der Waals surface area (Å²) in [5.74, 6) is -0.622. The van der Waals surface area contributed by atoms with E-state index in [1.54, 1.807) is 24.3 Å². The van der Waals surface area contributed by atoms with Crippen molar-refractivity contribution in [1.29, 1.82) is 0 Å². The zero-order chi connectivity index (χ0) is 31.0. The number of halogens is 2. The van der Waals surface area contributed by atoms with E-state index in [0.29, 0.717) is 16.0 Å². The number of aryl methyl sites for hydroxylation is 2. The number of benzene rings is 3. The molecule has 0 fully saturated rings. The number of nitrogens with zero attached hydrogens (tertiary/aromatic N) is 1. The molecule has 3 aromatic carbocycles. The van der Waals surface area contributed by atoms with Crippen molar-refractivity contribution < 1.29 is 28.2 Å². The standard InChI is InChI=1S/C29H30ClFN2O4S/c1-3-38(36,37)26-9-5-20(6-10-26)27(18-34)32-29(35)22-7-11-28-23(15-22)17-25(33(28)13-12-31)16-21-4-8-24(30)14-19(21)2/h4-11,14-15,17,27,34H,3,12-13,16,18H2,1-2H3,(H,32,35)/t27-/m0/s1/i12D2,13D2. The van der Waals surface area contributed by atoms with Crippen LogP contribution in [0.2, 0.25) is 5.02 Å². The van der Waals surface area contributed by atoms with Crippen molar-refractivity contribution in [2.24, 2.45) is 0 Å². The minimum Gasteiger partial charge on any atom is -0.394 e. The van der Waals surface area contributed by atoms with Crippen LogP contribution >= 0.6 is 11.6 Å². The lowest BCUT2D eigenvalue weighted by atomic mass is 10.0. The van der Waals surface area contributed by atoms with Gasteiger partial charge in [-0.25, -0.2) is 12.8 Å². The Hall–Kier alpha value is -3.20. The molecule has 1 atom stereocenters. The van der Waals surface area contributed by atoms with Crippen molar-refractivity contribution in [2.75, 3.05) is 19.0 Å². The molecule has 38 heavy (non-hydrogen) atoms. The summed E-state index contributed by atoms with van der Waals surface area (Å²) >= 11 is 6.07. The number of carbonyl (C=O) groups is 1. The molecule has 0 aliphatic carbocycles. The Bertz CT molecular complexity index is 1740. The van der Waals surface area contributed by atoms with Gasteiger partial charge < -0.3 is 15.0 Å². The third-order valence-electron chi connectivity index (χ3n) is 6.48. The van der Waals surface area contributed by atoms with Gasteiger partial charge in [-0.2, -0.15) is 0 Å². The first kappa shape index (κ1) is 22.8. The molecule has 1 heterocycles. The van der Waals surface area contributed by atoms with Crippen molar-refractivity contribution in [3.63, 3.8) is 0 Å². The van der Waals surface area contributed by atoms with Crippen LogP contribution in [0.15, 0.2) is 71.6 Å². The van der Waals surface area contributed by atoms with Crippen LogP contribution in [0, 0.1) is 6.92 Å². The second-order valence-corrected chi connectivity index (χ2v) is 11.6. The fraction of sp³-hybridized carbons (Fsp3) is 0.276. The topological polar surface area (TPSA) is 88.4 Å². The van der Waals surface area contributed by atoms with Crippen LogP contribution in [0.5, 0.6) is 0 Å². The Kier molecular flexibility index (Phi) is 6.99. The highest BCUT2D eigenvalue weighted by atomic mass is 35.5. The molecule has 0 aliphatic heterocycles. The van der Waals surface area contributed by atoms with E-state index < -0.39 is 41.5 Å². The van der Waals surface area contributed by atoms with Crippen LogP contribution in [0.4, 0.5) is 4.39 Å². The molecule has 6 nitrogen and oxygen atoms in total. The second-order valence-electron chi connectivity index (χ2n) is 8.88. The number of aliphatic hydroxyl groups excluding tert-OH is 1. The Morgan fingerprint density at radius 1 is 1.13 bits per heavy atom. The first-order valence-corrected chi connectivity index (χ1v) is 14.0. The van der Waals surface area contributed by atoms with Gasteiger partial charge in [0.15, 0.2) is 9.84 Å². The van der Waals surface area contributed by atoms with E-state index >= 15 is 0 Å². The predicted molar refractivity (Wildman–Crippen MR) is 148 cm³/mol. The molecule has 4 aromatic rings. The maximum atomic E-state index is 14.6. The molecule has 0 spiro atoms. The SMILES string of the molecule is [2H]C([2H])(F)C([2H])([2H])n1c(Cc2ccc(Cl)cc2C)cc2cc(C(=O)N[C@@H](CO)c3ccc(S(=O)(=O)CC)cc3)ccc21. The zero-order valence-corrected chi connectivity index (χ0v) is 22.4. The fourth-order valence-corrected chi connectivity index (χ4v) is 5.43. The van der Waals surface area contributed by atoms with Gasteiger partial charge in [-0.3, -0.25) is 4.79 Å². The average molecular weight is 561 g/mol. The van der Waals surface area contributed by atoms with Crippen molar-refractivity contribution >= 4 is 38.2 Å². The van der Waals surface area contributed by atoms with Crippen molar-refractivity contribution in [2.45, 2.75) is 37.7 Å². The maximum Gasteiger partial charge on any atom is 0.251 e. The number of aromatic nitrogens is 1. The van der Waals surface area contributed by atoms with Crippen LogP contribution in [-0.4, -0.2) is 43.0 Å². The van der Waals surface area contributed by atoms with E-state index in [4.69, 9.17) is 17.1 Å². The minimum absolute atomic E-state index is 0.0603. The van der Waals surface area contributed by atoms with Gasteiger partial charge in [-0.1, -0.05) is 36.7 Å². The van der Waals surface area contributed by atoms with Gasteiger partial charge in [0.2, 0.25) is 0 Å². The molecule has 0 bridgehead atoms. The monoisotopic (exact) mass is 560 g/mol. The number of carbonyl (C=O) groups excluding carboxylic acids is 1. The molecule has 1 amide bonds. The third-order valence-corrected chi connectivity index (χ3v) is 8.47. The first-order chi connectivity index (χ1) is 19.6. The summed E-state index contributed by atoms with van der Waals surface area (Å²) in [6, 6.07) is 16.1. The van der Waals surface area contributed by atoms with Crippen molar-refractivity contribution in [3.8, 4) is 0 Å². The highest BCUT2D eigenvalue weighted by molar-refractivity contribution is 7.91.